The summed E-state index contributed by atoms with van der Waals surface area (Å²) < 4.78 is 0. The molecule has 3 aromatic carbocycles. The summed E-state index contributed by atoms with van der Waals surface area (Å²) in [6.45, 7) is 2.21. The molecule has 0 fully saturated rings. The molecule has 8 heteroatoms. The fraction of sp³-hybridized carbons (Fsp3) is 0.0870. The van der Waals surface area contributed by atoms with E-state index >= 15 is 0 Å². The van der Waals surface area contributed by atoms with E-state index in [1.807, 2.05) is 60.7 Å². The number of aromatic nitrogens is 4. The first kappa shape index (κ1) is 34.0. The second-order valence-corrected chi connectivity index (χ2v) is 13.2. The molecule has 2 aliphatic rings. The molecule has 5 heterocycles. The molecule has 0 aliphatic carbocycles. The highest BCUT2D eigenvalue weighted by molar-refractivity contribution is 6.03. The molecule has 54 heavy (non-hydrogen) atoms. The number of hydrogen-bond donors (Lipinski definition) is 4. The van der Waals surface area contributed by atoms with Crippen molar-refractivity contribution in [2.45, 2.75) is 26.2 Å². The van der Waals surface area contributed by atoms with Crippen molar-refractivity contribution in [1.82, 2.24) is 19.9 Å². The van der Waals surface area contributed by atoms with Gasteiger partial charge in [-0.25, -0.2) is 14.8 Å². The largest absolute Gasteiger partial charge is 0.478 e. The first-order valence-electron chi connectivity index (χ1n) is 18.0. The number of amides is 1. The summed E-state index contributed by atoms with van der Waals surface area (Å²) in [7, 11) is 0. The minimum Gasteiger partial charge on any atom is -0.478 e. The summed E-state index contributed by atoms with van der Waals surface area (Å²) >= 11 is 0. The Morgan fingerprint density at radius 3 is 1.54 bits per heavy atom. The Bertz CT molecular complexity index is 2510. The van der Waals surface area contributed by atoms with Gasteiger partial charge in [0.05, 0.1) is 22.8 Å². The summed E-state index contributed by atoms with van der Waals surface area (Å²) in [5.41, 5.74) is 14.8. The zero-order valence-electron chi connectivity index (χ0n) is 29.6. The molecule has 8 nitrogen and oxygen atoms in total. The number of hydrogen-bond acceptors (Lipinski definition) is 4. The van der Waals surface area contributed by atoms with Crippen LogP contribution in [0.1, 0.15) is 48.1 Å². The van der Waals surface area contributed by atoms with Gasteiger partial charge in [0, 0.05) is 62.2 Å². The van der Waals surface area contributed by atoms with Crippen molar-refractivity contribution in [3.63, 3.8) is 0 Å². The van der Waals surface area contributed by atoms with Gasteiger partial charge in [-0.15, -0.1) is 0 Å². The first-order valence-corrected chi connectivity index (χ1v) is 18.0. The van der Waals surface area contributed by atoms with Crippen molar-refractivity contribution in [3.8, 4) is 33.4 Å². The number of carbonyl (C=O) groups is 2. The van der Waals surface area contributed by atoms with E-state index < -0.39 is 11.9 Å². The zero-order chi connectivity index (χ0) is 37.0. The summed E-state index contributed by atoms with van der Waals surface area (Å²) in [5.74, 6) is -1.71. The van der Waals surface area contributed by atoms with Crippen LogP contribution < -0.4 is 5.32 Å². The molecule has 1 amide bonds. The number of anilines is 1. The van der Waals surface area contributed by atoms with Gasteiger partial charge in [0.1, 0.15) is 0 Å². The number of H-pyrrole nitrogens is 2. The number of rotatable bonds is 9. The van der Waals surface area contributed by atoms with Crippen molar-refractivity contribution >= 4 is 63.9 Å². The predicted molar refractivity (Wildman–Crippen MR) is 219 cm³/mol. The van der Waals surface area contributed by atoms with Crippen molar-refractivity contribution < 1.29 is 14.7 Å². The Kier molecular flexibility index (Phi) is 9.39. The molecule has 0 saturated carbocycles. The van der Waals surface area contributed by atoms with Gasteiger partial charge in [-0.1, -0.05) is 86.1 Å². The van der Waals surface area contributed by atoms with Crippen LogP contribution in [0.3, 0.4) is 0 Å². The van der Waals surface area contributed by atoms with E-state index in [0.717, 1.165) is 115 Å². The van der Waals surface area contributed by atoms with Gasteiger partial charge in [0.2, 0.25) is 5.91 Å². The van der Waals surface area contributed by atoms with Crippen molar-refractivity contribution in [2.24, 2.45) is 0 Å². The summed E-state index contributed by atoms with van der Waals surface area (Å²) in [4.78, 5) is 41.4. The van der Waals surface area contributed by atoms with Gasteiger partial charge >= 0.3 is 5.97 Å². The molecular weight excluding hydrogens is 671 g/mol. The molecule has 6 aromatic rings. The highest BCUT2D eigenvalue weighted by atomic mass is 16.4. The smallest absolute Gasteiger partial charge is 0.328 e. The molecule has 4 N–H and O–H groups in total. The van der Waals surface area contributed by atoms with Crippen LogP contribution >= 0.6 is 0 Å². The lowest BCUT2D eigenvalue weighted by Gasteiger charge is -2.07. The number of aliphatic carboxylic acids is 1. The number of carboxylic acid groups (broad SMARTS) is 1. The summed E-state index contributed by atoms with van der Waals surface area (Å²) in [6.07, 6.45) is 13.2. The molecule has 3 aromatic heterocycles. The van der Waals surface area contributed by atoms with Crippen LogP contribution in [0.5, 0.6) is 0 Å². The molecule has 2 aliphatic heterocycles. The highest BCUT2D eigenvalue weighted by Gasteiger charge is 2.18. The number of carboxylic acids is 1. The number of carbonyl (C=O) groups excluding carboxylic acids is 1. The Balaban J connectivity index is 1.44. The topological polar surface area (TPSA) is 124 Å². The maximum Gasteiger partial charge on any atom is 0.328 e. The quantitative estimate of drug-likeness (QED) is 0.111. The second-order valence-electron chi connectivity index (χ2n) is 13.2. The van der Waals surface area contributed by atoms with Crippen LogP contribution in [0.4, 0.5) is 5.69 Å². The third-order valence-corrected chi connectivity index (χ3v) is 9.58. The zero-order valence-corrected chi connectivity index (χ0v) is 29.6. The number of aromatic amines is 2. The molecule has 0 radical (unpaired) electrons. The van der Waals surface area contributed by atoms with Crippen LogP contribution in [0.15, 0.2) is 121 Å². The van der Waals surface area contributed by atoms with Crippen molar-refractivity contribution in [3.05, 3.63) is 150 Å². The van der Waals surface area contributed by atoms with E-state index in [1.165, 1.54) is 0 Å². The Morgan fingerprint density at radius 1 is 0.593 bits per heavy atom. The lowest BCUT2D eigenvalue weighted by atomic mass is 10.0. The van der Waals surface area contributed by atoms with E-state index in [-0.39, 0.29) is 0 Å². The Hall–Kier alpha value is -7.06. The lowest BCUT2D eigenvalue weighted by molar-refractivity contribution is -0.131. The Labute approximate surface area is 312 Å². The van der Waals surface area contributed by atoms with E-state index in [0.29, 0.717) is 5.69 Å². The first-order chi connectivity index (χ1) is 26.4. The van der Waals surface area contributed by atoms with E-state index in [1.54, 1.807) is 0 Å². The lowest BCUT2D eigenvalue weighted by Crippen LogP contribution is -2.08. The third kappa shape index (κ3) is 6.92. The second kappa shape index (κ2) is 14.9. The van der Waals surface area contributed by atoms with E-state index in [2.05, 4.69) is 95.0 Å². The van der Waals surface area contributed by atoms with Gasteiger partial charge in [-0.3, -0.25) is 4.79 Å². The number of nitrogens with zero attached hydrogens (tertiary/aromatic N) is 2. The van der Waals surface area contributed by atoms with Gasteiger partial charge in [-0.2, -0.15) is 0 Å². The van der Waals surface area contributed by atoms with Crippen molar-refractivity contribution in [1.29, 1.82) is 0 Å². The summed E-state index contributed by atoms with van der Waals surface area (Å²) in [5, 5.41) is 11.7. The molecule has 264 valence electrons. The van der Waals surface area contributed by atoms with Gasteiger partial charge in [0.15, 0.2) is 0 Å². The summed E-state index contributed by atoms with van der Waals surface area (Å²) in [6, 6.07) is 36.5. The van der Waals surface area contributed by atoms with Crippen LogP contribution in [0.2, 0.25) is 0 Å². The standard InChI is InChI=1S/C46H37N5O3/c1-2-3-14-33-34-19-21-36(48-34)44(29-10-6-4-7-11-29)38-23-25-40(50-38)46(31-15-17-32(18-16-31)47-42(52)27-28-43(53)54)41-26-24-39(51-41)45(30-12-8-5-9-13-30)37-22-20-35(33)49-37/h4-13,15-28,50-51H,2-3,14H2,1H3,(H,47,52)(H,53,54)/b28-27-,34-33?,35-33?,44-36?,44-38?,45-37?,45-39?,46-40?,46-41?. The minimum atomic E-state index is -1.19. The Morgan fingerprint density at radius 2 is 1.06 bits per heavy atom. The van der Waals surface area contributed by atoms with Crippen LogP contribution in [-0.4, -0.2) is 36.9 Å². The van der Waals surface area contributed by atoms with Crippen molar-refractivity contribution in [2.75, 3.05) is 5.32 Å². The van der Waals surface area contributed by atoms with E-state index in [4.69, 9.17) is 15.1 Å². The maximum atomic E-state index is 12.3. The van der Waals surface area contributed by atoms with E-state index in [9.17, 15) is 9.59 Å². The molecular formula is C46H37N5O3. The van der Waals surface area contributed by atoms with Crippen LogP contribution in [-0.2, 0) is 16.0 Å². The monoisotopic (exact) mass is 707 g/mol. The molecule has 8 bridgehead atoms. The minimum absolute atomic E-state index is 0.526. The van der Waals surface area contributed by atoms with Gasteiger partial charge in [0.25, 0.3) is 0 Å². The van der Waals surface area contributed by atoms with Crippen LogP contribution in [0, 0.1) is 0 Å². The fourth-order valence-electron chi connectivity index (χ4n) is 7.05. The normalized spacial score (nSPS) is 12.0. The average Bonchev–Trinajstić information content (AvgIpc) is 4.03. The molecule has 0 saturated heterocycles. The predicted octanol–water partition coefficient (Wildman–Crippen LogP) is 10.6. The fourth-order valence-corrected chi connectivity index (χ4v) is 7.05. The molecule has 0 spiro atoms. The molecule has 0 unspecified atom stereocenters. The van der Waals surface area contributed by atoms with Gasteiger partial charge in [-0.05, 0) is 90.2 Å². The average molecular weight is 708 g/mol. The van der Waals surface area contributed by atoms with Gasteiger partial charge < -0.3 is 20.4 Å². The number of fused-ring (bicyclic) bond motifs is 8. The maximum absolute atomic E-state index is 12.3. The molecule has 8 rings (SSSR count). The number of unbranched alkanes of at least 4 members (excludes halogenated alkanes) is 1. The molecule has 0 atom stereocenters. The van der Waals surface area contributed by atoms with Crippen LogP contribution in [0.25, 0.3) is 79.8 Å². The number of nitrogens with one attached hydrogen (secondary N) is 3. The third-order valence-electron chi connectivity index (χ3n) is 9.58. The highest BCUT2D eigenvalue weighted by Crippen LogP contribution is 2.36. The number of benzene rings is 3. The SMILES string of the molecule is CCCCc1c2nc(c(-c3ccccc3)c3ccc([nH]3)c(-c3ccc(NC(=O)/C=C\C(=O)O)cc3)c3ccc([nH]3)c(-c3ccccc3)c3nc1C=C3)C=C2.